The van der Waals surface area contributed by atoms with Crippen LogP contribution < -0.4 is 5.32 Å². The molecule has 2 amide bonds. The first kappa shape index (κ1) is 35.5. The molecule has 2 aromatic carbocycles. The second-order valence-corrected chi connectivity index (χ2v) is 16.1. The number of carboxylic acid groups (broad SMARTS) is 1. The Morgan fingerprint density at radius 2 is 1.52 bits per heavy atom. The lowest BCUT2D eigenvalue weighted by Gasteiger charge is -2.38. The van der Waals surface area contributed by atoms with Gasteiger partial charge in [-0.1, -0.05) is 89.1 Å². The van der Waals surface area contributed by atoms with E-state index in [9.17, 15) is 19.5 Å². The van der Waals surface area contributed by atoms with Gasteiger partial charge in [0.05, 0.1) is 10.8 Å². The molecular weight excluding hydrogens is 645 g/mol. The van der Waals surface area contributed by atoms with Crippen LogP contribution in [0.3, 0.4) is 0 Å². The molecule has 50 heavy (non-hydrogen) atoms. The average molecular weight is 693 g/mol. The lowest BCUT2D eigenvalue weighted by atomic mass is 9.77. The number of carbonyl (C=O) groups is 3. The number of nitrogens with zero attached hydrogens (tertiary/aromatic N) is 3. The van der Waals surface area contributed by atoms with Crippen molar-refractivity contribution in [3.8, 4) is 22.5 Å². The quantitative estimate of drug-likeness (QED) is 0.164. The van der Waals surface area contributed by atoms with Gasteiger partial charge in [-0.05, 0) is 71.8 Å². The fraction of sp³-hybridized carbons (Fsp3) is 0.439. The van der Waals surface area contributed by atoms with Crippen LogP contribution >= 0.6 is 11.3 Å². The second kappa shape index (κ2) is 15.3. The Morgan fingerprint density at radius 1 is 0.880 bits per heavy atom. The van der Waals surface area contributed by atoms with Crippen molar-refractivity contribution in [3.63, 3.8) is 0 Å². The van der Waals surface area contributed by atoms with Crippen LogP contribution in [0, 0.1) is 11.8 Å². The van der Waals surface area contributed by atoms with Gasteiger partial charge in [-0.2, -0.15) is 0 Å². The molecule has 2 aromatic heterocycles. The third-order valence-corrected chi connectivity index (χ3v) is 11.8. The number of thiophene rings is 1. The van der Waals surface area contributed by atoms with Crippen molar-refractivity contribution < 1.29 is 19.5 Å². The number of aromatic nitrogens is 2. The number of hydrogen-bond donors (Lipinski definition) is 2. The standard InChI is InChI=1S/C41H48N4O4S/c1-5-6-26-7-11-28(12-8-26)29-15-17-30(18-16-29)32-22-42-37(43-23-32)31-13-9-27(10-14-31)21-34(39(47)45-24-33(25-45)40(48)49)44-38(46)35-19-20-36(50-35)41(2,3)4/h9-10,13-20,22-23,26,28,33-34H,5-8,11-12,21,24-25H2,1-4H3,(H,44,46)(H,48,49)/t26-,28-,34-/m0/s1. The first-order valence-electron chi connectivity index (χ1n) is 17.9. The molecule has 262 valence electrons. The third-order valence-electron chi connectivity index (χ3n) is 10.3. The summed E-state index contributed by atoms with van der Waals surface area (Å²) in [6, 6.07) is 19.5. The van der Waals surface area contributed by atoms with E-state index in [1.807, 2.05) is 42.7 Å². The highest BCUT2D eigenvalue weighted by Gasteiger charge is 2.39. The Morgan fingerprint density at radius 3 is 2.10 bits per heavy atom. The number of nitrogens with one attached hydrogen (secondary N) is 1. The zero-order valence-corrected chi connectivity index (χ0v) is 30.3. The second-order valence-electron chi connectivity index (χ2n) is 15.0. The van der Waals surface area contributed by atoms with Gasteiger partial charge in [0.2, 0.25) is 5.91 Å². The SMILES string of the molecule is CCC[C@H]1CC[C@H](c2ccc(-c3cnc(-c4ccc(C[C@H](NC(=O)c5ccc(C(C)(C)C)s5)C(=O)N5CC(C(=O)O)C5)cc4)nc3)cc2)CC1. The molecule has 0 unspecified atom stereocenters. The number of rotatable bonds is 11. The normalized spacial score (nSPS) is 18.7. The molecule has 1 atom stereocenters. The van der Waals surface area contributed by atoms with Gasteiger partial charge < -0.3 is 15.3 Å². The van der Waals surface area contributed by atoms with E-state index in [-0.39, 0.29) is 36.7 Å². The van der Waals surface area contributed by atoms with Crippen molar-refractivity contribution in [2.45, 2.75) is 90.0 Å². The molecule has 1 saturated heterocycles. The summed E-state index contributed by atoms with van der Waals surface area (Å²) in [6.07, 6.45) is 11.9. The predicted molar refractivity (Wildman–Crippen MR) is 198 cm³/mol. The molecular formula is C41H48N4O4S. The minimum Gasteiger partial charge on any atom is -0.481 e. The van der Waals surface area contributed by atoms with E-state index in [0.717, 1.165) is 33.0 Å². The van der Waals surface area contributed by atoms with Crippen molar-refractivity contribution >= 4 is 29.1 Å². The van der Waals surface area contributed by atoms with Crippen LogP contribution in [-0.2, 0) is 21.4 Å². The molecule has 0 spiro atoms. The molecule has 1 aliphatic heterocycles. The van der Waals surface area contributed by atoms with Gasteiger partial charge in [-0.3, -0.25) is 14.4 Å². The van der Waals surface area contributed by atoms with E-state index < -0.39 is 17.9 Å². The molecule has 4 aromatic rings. The highest BCUT2D eigenvalue weighted by atomic mass is 32.1. The van der Waals surface area contributed by atoms with Gasteiger partial charge in [0, 0.05) is 47.9 Å². The average Bonchev–Trinajstić information content (AvgIpc) is 3.60. The van der Waals surface area contributed by atoms with Crippen LogP contribution in [0.1, 0.15) is 97.8 Å². The van der Waals surface area contributed by atoms with Crippen molar-refractivity contribution in [2.24, 2.45) is 11.8 Å². The number of aliphatic carboxylic acids is 1. The smallest absolute Gasteiger partial charge is 0.310 e. The Balaban J connectivity index is 1.10. The summed E-state index contributed by atoms with van der Waals surface area (Å²) in [5.74, 6) is 0.0853. The summed E-state index contributed by atoms with van der Waals surface area (Å²) in [5, 5.41) is 12.3. The van der Waals surface area contributed by atoms with E-state index in [2.05, 4.69) is 67.2 Å². The van der Waals surface area contributed by atoms with Crippen LogP contribution in [0.5, 0.6) is 0 Å². The molecule has 8 nitrogen and oxygen atoms in total. The lowest BCUT2D eigenvalue weighted by Crippen LogP contribution is -2.59. The van der Waals surface area contributed by atoms with Gasteiger partial charge in [0.25, 0.3) is 5.91 Å². The molecule has 2 N–H and O–H groups in total. The summed E-state index contributed by atoms with van der Waals surface area (Å²) in [7, 11) is 0. The maximum absolute atomic E-state index is 13.5. The van der Waals surface area contributed by atoms with Gasteiger partial charge in [0.1, 0.15) is 6.04 Å². The van der Waals surface area contributed by atoms with Gasteiger partial charge in [-0.25, -0.2) is 9.97 Å². The van der Waals surface area contributed by atoms with Crippen LogP contribution in [-0.4, -0.2) is 56.9 Å². The van der Waals surface area contributed by atoms with E-state index in [4.69, 9.17) is 0 Å². The van der Waals surface area contributed by atoms with Crippen LogP contribution in [0.2, 0.25) is 0 Å². The first-order valence-corrected chi connectivity index (χ1v) is 18.7. The maximum Gasteiger partial charge on any atom is 0.310 e. The number of benzene rings is 2. The van der Waals surface area contributed by atoms with Crippen molar-refractivity contribution in [1.29, 1.82) is 0 Å². The topological polar surface area (TPSA) is 112 Å². The number of likely N-dealkylation sites (tertiary alicyclic amines) is 1. The summed E-state index contributed by atoms with van der Waals surface area (Å²) in [6.45, 7) is 8.85. The third kappa shape index (κ3) is 8.32. The Bertz CT molecular complexity index is 1780. The highest BCUT2D eigenvalue weighted by molar-refractivity contribution is 7.14. The highest BCUT2D eigenvalue weighted by Crippen LogP contribution is 2.38. The number of hydrogen-bond acceptors (Lipinski definition) is 6. The van der Waals surface area contributed by atoms with Gasteiger partial charge in [-0.15, -0.1) is 11.3 Å². The molecule has 3 heterocycles. The summed E-state index contributed by atoms with van der Waals surface area (Å²) in [5.41, 5.74) is 5.12. The van der Waals surface area contributed by atoms with E-state index >= 15 is 0 Å². The molecule has 0 bridgehead atoms. The maximum atomic E-state index is 13.5. The number of carbonyl (C=O) groups excluding carboxylic acids is 2. The molecule has 2 aliphatic rings. The first-order chi connectivity index (χ1) is 24.0. The predicted octanol–water partition coefficient (Wildman–Crippen LogP) is 8.13. The summed E-state index contributed by atoms with van der Waals surface area (Å²) >= 11 is 1.42. The summed E-state index contributed by atoms with van der Waals surface area (Å²) < 4.78 is 0. The monoisotopic (exact) mass is 692 g/mol. The van der Waals surface area contributed by atoms with E-state index in [0.29, 0.717) is 16.6 Å². The van der Waals surface area contributed by atoms with Crippen LogP contribution in [0.4, 0.5) is 0 Å². The molecule has 9 heteroatoms. The van der Waals surface area contributed by atoms with Crippen molar-refractivity contribution in [3.05, 3.63) is 93.9 Å². The number of amides is 2. The molecule has 6 rings (SSSR count). The summed E-state index contributed by atoms with van der Waals surface area (Å²) in [4.78, 5) is 50.6. The van der Waals surface area contributed by atoms with Crippen LogP contribution in [0.15, 0.2) is 73.1 Å². The zero-order valence-electron chi connectivity index (χ0n) is 29.5. The Kier molecular flexibility index (Phi) is 10.8. The molecule has 1 saturated carbocycles. The Labute approximate surface area is 299 Å². The van der Waals surface area contributed by atoms with E-state index in [1.54, 1.807) is 6.07 Å². The number of carboxylic acids is 1. The minimum absolute atomic E-state index is 0.0913. The fourth-order valence-corrected chi connectivity index (χ4v) is 8.09. The fourth-order valence-electron chi connectivity index (χ4n) is 7.12. The Hall–Kier alpha value is -4.37. The van der Waals surface area contributed by atoms with Gasteiger partial charge >= 0.3 is 5.97 Å². The minimum atomic E-state index is -0.915. The molecule has 0 radical (unpaired) electrons. The van der Waals surface area contributed by atoms with Crippen molar-refractivity contribution in [2.75, 3.05) is 13.1 Å². The molecule has 1 aliphatic carbocycles. The van der Waals surface area contributed by atoms with Crippen molar-refractivity contribution in [1.82, 2.24) is 20.2 Å². The molecule has 2 fully saturated rings. The van der Waals surface area contributed by atoms with E-state index in [1.165, 1.54) is 60.3 Å². The lowest BCUT2D eigenvalue weighted by molar-refractivity contribution is -0.153. The van der Waals surface area contributed by atoms with Gasteiger partial charge in [0.15, 0.2) is 5.82 Å². The van der Waals surface area contributed by atoms with Crippen LogP contribution in [0.25, 0.3) is 22.5 Å². The zero-order chi connectivity index (χ0) is 35.4. The largest absolute Gasteiger partial charge is 0.481 e.